The molecule has 0 unspecified atom stereocenters. The van der Waals surface area contributed by atoms with E-state index >= 15 is 0 Å². The summed E-state index contributed by atoms with van der Waals surface area (Å²) in [5.74, 6) is 1.90. The minimum atomic E-state index is 0.118. The summed E-state index contributed by atoms with van der Waals surface area (Å²) in [5.41, 5.74) is 2.57. The van der Waals surface area contributed by atoms with Crippen molar-refractivity contribution in [3.8, 4) is 5.75 Å². The molecule has 3 fully saturated rings. The molecule has 3 aliphatic rings. The highest BCUT2D eigenvalue weighted by atomic mass is 16.5. The zero-order valence-electron chi connectivity index (χ0n) is 19.9. The molecule has 0 aromatic heterocycles. The third-order valence-corrected chi connectivity index (χ3v) is 7.78. The van der Waals surface area contributed by atoms with Gasteiger partial charge < -0.3 is 19.3 Å². The SMILES string of the molecule is COc1cccc([C@H](c2ccccc2)C2CCN(C(=O)N3CC[C@@H]4OCC(=O)C[C@@H]4C3)CC2)c1. The number of methoxy groups -OCH3 is 1. The van der Waals surface area contributed by atoms with Gasteiger partial charge in [0, 0.05) is 44.4 Å². The Morgan fingerprint density at radius 2 is 1.71 bits per heavy atom. The molecule has 3 atom stereocenters. The number of piperidine rings is 2. The molecule has 2 aromatic rings. The Morgan fingerprint density at radius 1 is 0.971 bits per heavy atom. The van der Waals surface area contributed by atoms with E-state index in [1.165, 1.54) is 11.1 Å². The number of likely N-dealkylation sites (tertiary alicyclic amines) is 2. The van der Waals surface area contributed by atoms with Crippen molar-refractivity contribution in [2.45, 2.75) is 37.7 Å². The molecule has 2 aromatic carbocycles. The van der Waals surface area contributed by atoms with E-state index in [0.29, 0.717) is 25.4 Å². The van der Waals surface area contributed by atoms with Crippen LogP contribution in [0.4, 0.5) is 4.79 Å². The smallest absolute Gasteiger partial charge is 0.320 e. The molecule has 0 bridgehead atoms. The first-order chi connectivity index (χ1) is 16.6. The van der Waals surface area contributed by atoms with Gasteiger partial charge >= 0.3 is 6.03 Å². The Morgan fingerprint density at radius 3 is 2.47 bits per heavy atom. The van der Waals surface area contributed by atoms with Gasteiger partial charge in [0.2, 0.25) is 0 Å². The van der Waals surface area contributed by atoms with E-state index in [2.05, 4.69) is 48.5 Å². The number of carbonyl (C=O) groups is 2. The molecule has 180 valence electrons. The average Bonchev–Trinajstić information content (AvgIpc) is 2.89. The minimum Gasteiger partial charge on any atom is -0.497 e. The molecule has 0 radical (unpaired) electrons. The largest absolute Gasteiger partial charge is 0.497 e. The van der Waals surface area contributed by atoms with Crippen LogP contribution in [0.3, 0.4) is 0 Å². The average molecular weight is 463 g/mol. The predicted molar refractivity (Wildman–Crippen MR) is 130 cm³/mol. The molecule has 0 aliphatic carbocycles. The summed E-state index contributed by atoms with van der Waals surface area (Å²) in [7, 11) is 1.71. The number of ether oxygens (including phenoxy) is 2. The van der Waals surface area contributed by atoms with E-state index in [-0.39, 0.29) is 36.4 Å². The minimum absolute atomic E-state index is 0.118. The fraction of sp³-hybridized carbons (Fsp3) is 0.500. The number of Topliss-reactive ketones (excluding diaryl/α,β-unsaturated/α-hetero) is 1. The standard InChI is InChI=1S/C28H34N2O4/c1-33-25-9-5-8-22(17-25)27(20-6-3-2-4-7-20)21-10-13-29(14-11-21)28(32)30-15-12-26-23(18-30)16-24(31)19-34-26/h2-9,17,21,23,26-27H,10-16,18-19H2,1H3/t23-,26+,27-/m1/s1. The number of rotatable bonds is 4. The lowest BCUT2D eigenvalue weighted by atomic mass is 9.76. The molecule has 5 rings (SSSR count). The highest BCUT2D eigenvalue weighted by Crippen LogP contribution is 2.39. The Balaban J connectivity index is 1.26. The molecule has 0 N–H and O–H groups in total. The van der Waals surface area contributed by atoms with E-state index in [1.807, 2.05) is 15.9 Å². The summed E-state index contributed by atoms with van der Waals surface area (Å²) in [6, 6.07) is 19.2. The van der Waals surface area contributed by atoms with Crippen LogP contribution in [0.5, 0.6) is 5.75 Å². The van der Waals surface area contributed by atoms with Crippen molar-refractivity contribution < 1.29 is 19.1 Å². The van der Waals surface area contributed by atoms with Crippen LogP contribution in [-0.4, -0.2) is 67.6 Å². The highest BCUT2D eigenvalue weighted by molar-refractivity contribution is 5.81. The van der Waals surface area contributed by atoms with E-state index in [1.54, 1.807) is 7.11 Å². The Bertz CT molecular complexity index is 1000. The van der Waals surface area contributed by atoms with Gasteiger partial charge in [-0.25, -0.2) is 4.79 Å². The van der Waals surface area contributed by atoms with Crippen LogP contribution in [0.1, 0.15) is 42.7 Å². The molecule has 6 heteroatoms. The van der Waals surface area contributed by atoms with Crippen LogP contribution in [0, 0.1) is 11.8 Å². The van der Waals surface area contributed by atoms with E-state index < -0.39 is 0 Å². The number of urea groups is 1. The van der Waals surface area contributed by atoms with Crippen molar-refractivity contribution in [1.29, 1.82) is 0 Å². The highest BCUT2D eigenvalue weighted by Gasteiger charge is 2.39. The molecular formula is C28H34N2O4. The number of hydrogen-bond acceptors (Lipinski definition) is 4. The van der Waals surface area contributed by atoms with Crippen LogP contribution < -0.4 is 4.74 Å². The molecule has 3 saturated heterocycles. The quantitative estimate of drug-likeness (QED) is 0.678. The summed E-state index contributed by atoms with van der Waals surface area (Å²) < 4.78 is 11.2. The van der Waals surface area contributed by atoms with E-state index in [0.717, 1.165) is 38.1 Å². The maximum Gasteiger partial charge on any atom is 0.320 e. The summed E-state index contributed by atoms with van der Waals surface area (Å²) >= 11 is 0. The summed E-state index contributed by atoms with van der Waals surface area (Å²) in [5, 5.41) is 0. The number of hydrogen-bond donors (Lipinski definition) is 0. The van der Waals surface area contributed by atoms with Gasteiger partial charge in [-0.3, -0.25) is 4.79 Å². The van der Waals surface area contributed by atoms with Crippen molar-refractivity contribution in [2.24, 2.45) is 11.8 Å². The van der Waals surface area contributed by atoms with E-state index in [4.69, 9.17) is 9.47 Å². The fourth-order valence-corrected chi connectivity index (χ4v) is 6.01. The van der Waals surface area contributed by atoms with Gasteiger partial charge in [-0.2, -0.15) is 0 Å². The van der Waals surface area contributed by atoms with Crippen LogP contribution in [0.2, 0.25) is 0 Å². The number of nitrogens with zero attached hydrogens (tertiary/aromatic N) is 2. The molecule has 34 heavy (non-hydrogen) atoms. The summed E-state index contributed by atoms with van der Waals surface area (Å²) in [6.45, 7) is 3.10. The van der Waals surface area contributed by atoms with Gasteiger partial charge in [0.05, 0.1) is 13.2 Å². The molecule has 3 heterocycles. The number of amides is 2. The normalized spacial score (nSPS) is 24.4. The molecule has 2 amide bonds. The summed E-state index contributed by atoms with van der Waals surface area (Å²) in [4.78, 5) is 29.1. The van der Waals surface area contributed by atoms with Crippen LogP contribution in [0.15, 0.2) is 54.6 Å². The molecule has 3 aliphatic heterocycles. The lowest BCUT2D eigenvalue weighted by Gasteiger charge is -2.43. The van der Waals surface area contributed by atoms with Gasteiger partial charge in [-0.1, -0.05) is 42.5 Å². The first-order valence-electron chi connectivity index (χ1n) is 12.5. The monoisotopic (exact) mass is 462 g/mol. The predicted octanol–water partition coefficient (Wildman–Crippen LogP) is 4.34. The van der Waals surface area contributed by atoms with Crippen molar-refractivity contribution in [2.75, 3.05) is 39.9 Å². The van der Waals surface area contributed by atoms with Crippen LogP contribution in [-0.2, 0) is 9.53 Å². The van der Waals surface area contributed by atoms with Crippen LogP contribution >= 0.6 is 0 Å². The van der Waals surface area contributed by atoms with Gasteiger partial charge in [0.1, 0.15) is 12.4 Å². The maximum absolute atomic E-state index is 13.3. The van der Waals surface area contributed by atoms with Crippen molar-refractivity contribution in [3.63, 3.8) is 0 Å². The Hall–Kier alpha value is -2.86. The van der Waals surface area contributed by atoms with Crippen LogP contribution in [0.25, 0.3) is 0 Å². The number of fused-ring (bicyclic) bond motifs is 1. The Labute approximate surface area is 201 Å². The number of carbonyl (C=O) groups excluding carboxylic acids is 2. The zero-order chi connectivity index (χ0) is 23.5. The first kappa shape index (κ1) is 22.9. The second-order valence-corrected chi connectivity index (χ2v) is 9.86. The van der Waals surface area contributed by atoms with Crippen molar-refractivity contribution in [3.05, 3.63) is 65.7 Å². The third-order valence-electron chi connectivity index (χ3n) is 7.78. The van der Waals surface area contributed by atoms with Crippen molar-refractivity contribution >= 4 is 11.8 Å². The Kier molecular flexibility index (Phi) is 6.86. The number of ketones is 1. The second-order valence-electron chi connectivity index (χ2n) is 9.86. The van der Waals surface area contributed by atoms with Crippen molar-refractivity contribution in [1.82, 2.24) is 9.80 Å². The van der Waals surface area contributed by atoms with Gasteiger partial charge in [-0.15, -0.1) is 0 Å². The molecular weight excluding hydrogens is 428 g/mol. The lowest BCUT2D eigenvalue weighted by molar-refractivity contribution is -0.140. The number of benzene rings is 2. The maximum atomic E-state index is 13.3. The van der Waals surface area contributed by atoms with Gasteiger partial charge in [0.25, 0.3) is 0 Å². The van der Waals surface area contributed by atoms with Gasteiger partial charge in [-0.05, 0) is 48.4 Å². The van der Waals surface area contributed by atoms with E-state index in [9.17, 15) is 9.59 Å². The zero-order valence-corrected chi connectivity index (χ0v) is 19.9. The molecule has 0 spiro atoms. The topological polar surface area (TPSA) is 59.1 Å². The first-order valence-corrected chi connectivity index (χ1v) is 12.5. The summed E-state index contributed by atoms with van der Waals surface area (Å²) in [6.07, 6.45) is 3.41. The van der Waals surface area contributed by atoms with Gasteiger partial charge in [0.15, 0.2) is 5.78 Å². The molecule has 0 saturated carbocycles. The lowest BCUT2D eigenvalue weighted by Crippen LogP contribution is -2.54. The fourth-order valence-electron chi connectivity index (χ4n) is 6.01. The molecule has 6 nitrogen and oxygen atoms in total. The second kappa shape index (κ2) is 10.2. The third kappa shape index (κ3) is 4.83.